The van der Waals surface area contributed by atoms with E-state index in [1.807, 2.05) is 0 Å². The van der Waals surface area contributed by atoms with Gasteiger partial charge in [-0.15, -0.1) is 10.2 Å². The van der Waals surface area contributed by atoms with Gasteiger partial charge in [0.1, 0.15) is 5.82 Å². The number of carbonyl (C=O) groups is 1. The minimum Gasteiger partial charge on any atom is -0.459 e. The molecule has 4 rings (SSSR count). The Morgan fingerprint density at radius 1 is 0.962 bits per heavy atom. The predicted octanol–water partition coefficient (Wildman–Crippen LogP) is 4.39. The van der Waals surface area contributed by atoms with Gasteiger partial charge in [-0.2, -0.15) is 0 Å². The summed E-state index contributed by atoms with van der Waals surface area (Å²) in [5.74, 6) is 0.0000668. The zero-order valence-electron chi connectivity index (χ0n) is 13.3. The Morgan fingerprint density at radius 3 is 2.62 bits per heavy atom. The van der Waals surface area contributed by atoms with Crippen molar-refractivity contribution < 1.29 is 18.0 Å². The molecule has 0 spiro atoms. The summed E-state index contributed by atoms with van der Waals surface area (Å²) in [7, 11) is 0. The van der Waals surface area contributed by atoms with Crippen LogP contribution >= 0.6 is 0 Å². The number of halogens is 1. The van der Waals surface area contributed by atoms with Crippen LogP contribution in [-0.2, 0) is 0 Å². The fourth-order valence-corrected chi connectivity index (χ4v) is 2.39. The van der Waals surface area contributed by atoms with Crippen molar-refractivity contribution in [1.82, 2.24) is 10.2 Å². The van der Waals surface area contributed by atoms with Crippen molar-refractivity contribution in [2.24, 2.45) is 0 Å². The lowest BCUT2D eigenvalue weighted by molar-refractivity contribution is 0.102. The molecule has 0 radical (unpaired) electrons. The molecular weight excluding hydrogens is 337 g/mol. The topological polar surface area (TPSA) is 81.2 Å². The number of hydrogen-bond acceptors (Lipinski definition) is 5. The number of rotatable bonds is 4. The molecule has 1 amide bonds. The zero-order chi connectivity index (χ0) is 17.9. The Morgan fingerprint density at radius 2 is 1.81 bits per heavy atom. The molecule has 0 bridgehead atoms. The third-order valence-electron chi connectivity index (χ3n) is 3.65. The lowest BCUT2D eigenvalue weighted by Crippen LogP contribution is -2.12. The van der Waals surface area contributed by atoms with Crippen LogP contribution in [0.15, 0.2) is 75.8 Å². The Kier molecular flexibility index (Phi) is 4.03. The summed E-state index contributed by atoms with van der Waals surface area (Å²) in [6.45, 7) is 0. The van der Waals surface area contributed by atoms with E-state index in [4.69, 9.17) is 8.83 Å². The zero-order valence-corrected chi connectivity index (χ0v) is 13.3. The number of anilines is 1. The SMILES string of the molecule is O=C(Nc1ccccc1F)c1cccc(-c2nnc(-c3ccco3)o2)c1. The van der Waals surface area contributed by atoms with Gasteiger partial charge in [-0.3, -0.25) is 4.79 Å². The summed E-state index contributed by atoms with van der Waals surface area (Å²) in [5.41, 5.74) is 1.01. The first-order valence-corrected chi connectivity index (χ1v) is 7.74. The smallest absolute Gasteiger partial charge is 0.283 e. The quantitative estimate of drug-likeness (QED) is 0.591. The van der Waals surface area contributed by atoms with Gasteiger partial charge < -0.3 is 14.2 Å². The molecule has 0 aliphatic carbocycles. The van der Waals surface area contributed by atoms with Crippen LogP contribution in [-0.4, -0.2) is 16.1 Å². The minimum absolute atomic E-state index is 0.112. The Hall–Kier alpha value is -3.74. The molecule has 2 heterocycles. The Bertz CT molecular complexity index is 1060. The van der Waals surface area contributed by atoms with Crippen molar-refractivity contribution in [3.8, 4) is 23.1 Å². The number of para-hydroxylation sites is 1. The molecule has 26 heavy (non-hydrogen) atoms. The molecule has 0 unspecified atom stereocenters. The predicted molar refractivity (Wildman–Crippen MR) is 91.8 cm³/mol. The van der Waals surface area contributed by atoms with Crippen LogP contribution in [0.3, 0.4) is 0 Å². The number of hydrogen-bond donors (Lipinski definition) is 1. The van der Waals surface area contributed by atoms with E-state index in [9.17, 15) is 9.18 Å². The molecule has 0 saturated heterocycles. The van der Waals surface area contributed by atoms with E-state index in [2.05, 4.69) is 15.5 Å². The highest BCUT2D eigenvalue weighted by Gasteiger charge is 2.15. The van der Waals surface area contributed by atoms with Crippen LogP contribution in [0.1, 0.15) is 10.4 Å². The lowest BCUT2D eigenvalue weighted by Gasteiger charge is -2.06. The van der Waals surface area contributed by atoms with Gasteiger partial charge in [-0.05, 0) is 42.5 Å². The van der Waals surface area contributed by atoms with Gasteiger partial charge in [0.15, 0.2) is 5.76 Å². The van der Waals surface area contributed by atoms with Crippen molar-refractivity contribution in [3.05, 3.63) is 78.3 Å². The maximum atomic E-state index is 13.7. The van der Waals surface area contributed by atoms with E-state index >= 15 is 0 Å². The van der Waals surface area contributed by atoms with E-state index in [-0.39, 0.29) is 17.5 Å². The fraction of sp³-hybridized carbons (Fsp3) is 0. The van der Waals surface area contributed by atoms with E-state index in [0.29, 0.717) is 16.9 Å². The Balaban J connectivity index is 1.59. The molecule has 0 saturated carbocycles. The van der Waals surface area contributed by atoms with Gasteiger partial charge in [0.2, 0.25) is 5.89 Å². The van der Waals surface area contributed by atoms with Gasteiger partial charge in [-0.1, -0.05) is 18.2 Å². The number of carbonyl (C=O) groups excluding carboxylic acids is 1. The standard InChI is InChI=1S/C19H12FN3O3/c20-14-7-1-2-8-15(14)21-17(24)12-5-3-6-13(11-12)18-22-23-19(26-18)16-9-4-10-25-16/h1-11H,(H,21,24). The first-order chi connectivity index (χ1) is 12.7. The maximum Gasteiger partial charge on any atom is 0.283 e. The van der Waals surface area contributed by atoms with E-state index in [1.54, 1.807) is 48.5 Å². The third-order valence-corrected chi connectivity index (χ3v) is 3.65. The van der Waals surface area contributed by atoms with Gasteiger partial charge in [0, 0.05) is 11.1 Å². The number of furan rings is 1. The second kappa shape index (κ2) is 6.64. The molecule has 0 aliphatic rings. The van der Waals surface area contributed by atoms with Crippen molar-refractivity contribution in [2.45, 2.75) is 0 Å². The average molecular weight is 349 g/mol. The summed E-state index contributed by atoms with van der Waals surface area (Å²) in [5, 5.41) is 10.4. The summed E-state index contributed by atoms with van der Waals surface area (Å²) in [4.78, 5) is 12.4. The largest absolute Gasteiger partial charge is 0.459 e. The summed E-state index contributed by atoms with van der Waals surface area (Å²) < 4.78 is 24.5. The molecule has 2 aromatic heterocycles. The third kappa shape index (κ3) is 3.10. The normalized spacial score (nSPS) is 10.7. The van der Waals surface area contributed by atoms with Crippen LogP contribution in [0.4, 0.5) is 10.1 Å². The van der Waals surface area contributed by atoms with Crippen molar-refractivity contribution >= 4 is 11.6 Å². The molecule has 1 N–H and O–H groups in total. The highest BCUT2D eigenvalue weighted by molar-refractivity contribution is 6.04. The Labute approximate surface area is 147 Å². The summed E-state index contributed by atoms with van der Waals surface area (Å²) in [6.07, 6.45) is 1.51. The number of aromatic nitrogens is 2. The van der Waals surface area contributed by atoms with Crippen molar-refractivity contribution in [1.29, 1.82) is 0 Å². The van der Waals surface area contributed by atoms with Crippen LogP contribution in [0, 0.1) is 5.82 Å². The van der Waals surface area contributed by atoms with Crippen molar-refractivity contribution in [3.63, 3.8) is 0 Å². The molecular formula is C19H12FN3O3. The highest BCUT2D eigenvalue weighted by Crippen LogP contribution is 2.25. The fourth-order valence-electron chi connectivity index (χ4n) is 2.39. The molecule has 6 nitrogen and oxygen atoms in total. The first kappa shape index (κ1) is 15.8. The molecule has 0 atom stereocenters. The van der Waals surface area contributed by atoms with E-state index in [0.717, 1.165) is 0 Å². The van der Waals surface area contributed by atoms with Crippen LogP contribution < -0.4 is 5.32 Å². The van der Waals surface area contributed by atoms with Gasteiger partial charge >= 0.3 is 0 Å². The minimum atomic E-state index is -0.503. The molecule has 2 aromatic carbocycles. The molecule has 128 valence electrons. The molecule has 7 heteroatoms. The van der Waals surface area contributed by atoms with E-state index < -0.39 is 11.7 Å². The summed E-state index contributed by atoms with van der Waals surface area (Å²) in [6, 6.07) is 16.0. The van der Waals surface area contributed by atoms with Gasteiger partial charge in [0.25, 0.3) is 11.8 Å². The van der Waals surface area contributed by atoms with Crippen LogP contribution in [0.5, 0.6) is 0 Å². The highest BCUT2D eigenvalue weighted by atomic mass is 19.1. The second-order valence-electron chi connectivity index (χ2n) is 5.40. The lowest BCUT2D eigenvalue weighted by atomic mass is 10.1. The van der Waals surface area contributed by atoms with Crippen molar-refractivity contribution in [2.75, 3.05) is 5.32 Å². The number of nitrogens with one attached hydrogen (secondary N) is 1. The molecule has 4 aromatic rings. The second-order valence-corrected chi connectivity index (χ2v) is 5.40. The number of benzene rings is 2. The monoisotopic (exact) mass is 349 g/mol. The summed E-state index contributed by atoms with van der Waals surface area (Å²) >= 11 is 0. The van der Waals surface area contributed by atoms with E-state index in [1.165, 1.54) is 18.4 Å². The first-order valence-electron chi connectivity index (χ1n) is 7.74. The number of amides is 1. The molecule has 0 fully saturated rings. The van der Waals surface area contributed by atoms with Gasteiger partial charge in [0.05, 0.1) is 12.0 Å². The number of nitrogens with zero attached hydrogens (tertiary/aromatic N) is 2. The van der Waals surface area contributed by atoms with Crippen LogP contribution in [0.25, 0.3) is 23.1 Å². The maximum absolute atomic E-state index is 13.7. The average Bonchev–Trinajstić information content (AvgIpc) is 3.35. The van der Waals surface area contributed by atoms with Crippen LogP contribution in [0.2, 0.25) is 0 Å². The molecule has 0 aliphatic heterocycles. The van der Waals surface area contributed by atoms with Gasteiger partial charge in [-0.25, -0.2) is 4.39 Å².